The van der Waals surface area contributed by atoms with E-state index in [1.807, 2.05) is 4.68 Å². The molecule has 0 radical (unpaired) electrons. The summed E-state index contributed by atoms with van der Waals surface area (Å²) in [7, 11) is 0. The highest BCUT2D eigenvalue weighted by molar-refractivity contribution is 5.03. The van der Waals surface area contributed by atoms with Crippen molar-refractivity contribution in [1.29, 1.82) is 0 Å². The predicted octanol–water partition coefficient (Wildman–Crippen LogP) is 2.81. The topological polar surface area (TPSA) is 50.9 Å². The lowest BCUT2D eigenvalue weighted by atomic mass is 9.64. The summed E-state index contributed by atoms with van der Waals surface area (Å²) >= 11 is 0. The van der Waals surface area contributed by atoms with Crippen LogP contribution in [0.25, 0.3) is 0 Å². The van der Waals surface area contributed by atoms with Crippen LogP contribution in [0.1, 0.15) is 59.2 Å². The summed E-state index contributed by atoms with van der Waals surface area (Å²) < 4.78 is 1.95. The molecule has 4 heteroatoms. The summed E-state index contributed by atoms with van der Waals surface area (Å²) in [5, 5.41) is 15.3. The van der Waals surface area contributed by atoms with Crippen molar-refractivity contribution >= 4 is 0 Å². The first-order chi connectivity index (χ1) is 8.84. The molecule has 1 saturated carbocycles. The van der Waals surface area contributed by atoms with Gasteiger partial charge in [-0.2, -0.15) is 5.10 Å². The number of nitrogens with zero attached hydrogens (tertiary/aromatic N) is 3. The van der Waals surface area contributed by atoms with Crippen LogP contribution < -0.4 is 0 Å². The van der Waals surface area contributed by atoms with Crippen molar-refractivity contribution in [2.45, 2.75) is 71.9 Å². The summed E-state index contributed by atoms with van der Waals surface area (Å²) in [6.07, 6.45) is 6.51. The maximum Gasteiger partial charge on any atom is 0.138 e. The third kappa shape index (κ3) is 2.99. The van der Waals surface area contributed by atoms with E-state index in [2.05, 4.69) is 37.8 Å². The van der Waals surface area contributed by atoms with E-state index in [1.54, 1.807) is 6.33 Å². The Bertz CT molecular complexity index is 425. The van der Waals surface area contributed by atoms with Gasteiger partial charge in [0.2, 0.25) is 0 Å². The van der Waals surface area contributed by atoms with Gasteiger partial charge in [-0.1, -0.05) is 40.5 Å². The number of aliphatic hydroxyl groups is 1. The molecule has 0 spiro atoms. The quantitative estimate of drug-likeness (QED) is 0.910. The number of hydrogen-bond acceptors (Lipinski definition) is 3. The zero-order chi connectivity index (χ0) is 14.1. The van der Waals surface area contributed by atoms with Gasteiger partial charge in [0.05, 0.1) is 5.60 Å². The zero-order valence-corrected chi connectivity index (χ0v) is 12.7. The first-order valence-corrected chi connectivity index (χ1v) is 7.43. The fourth-order valence-corrected chi connectivity index (χ4v) is 3.07. The van der Waals surface area contributed by atoms with Crippen LogP contribution in [0.15, 0.2) is 6.33 Å². The number of rotatable bonds is 4. The summed E-state index contributed by atoms with van der Waals surface area (Å²) in [6, 6.07) is 0. The van der Waals surface area contributed by atoms with Gasteiger partial charge in [0, 0.05) is 13.0 Å². The Balaban J connectivity index is 2.18. The largest absolute Gasteiger partial charge is 0.389 e. The van der Waals surface area contributed by atoms with Crippen molar-refractivity contribution in [1.82, 2.24) is 14.8 Å². The van der Waals surface area contributed by atoms with Crippen LogP contribution in [-0.4, -0.2) is 25.5 Å². The highest BCUT2D eigenvalue weighted by Crippen LogP contribution is 2.45. The van der Waals surface area contributed by atoms with Gasteiger partial charge in [0.15, 0.2) is 0 Å². The molecule has 1 aliphatic rings. The molecule has 0 aliphatic heterocycles. The number of hydrogen-bond donors (Lipinski definition) is 1. The number of aromatic nitrogens is 3. The van der Waals surface area contributed by atoms with Crippen LogP contribution in [0.3, 0.4) is 0 Å². The molecule has 4 nitrogen and oxygen atoms in total. The van der Waals surface area contributed by atoms with E-state index in [4.69, 9.17) is 0 Å². The van der Waals surface area contributed by atoms with Crippen molar-refractivity contribution in [2.75, 3.05) is 0 Å². The van der Waals surface area contributed by atoms with Gasteiger partial charge in [0.1, 0.15) is 12.2 Å². The van der Waals surface area contributed by atoms with Gasteiger partial charge in [0.25, 0.3) is 0 Å². The smallest absolute Gasteiger partial charge is 0.138 e. The van der Waals surface area contributed by atoms with Crippen molar-refractivity contribution in [2.24, 2.45) is 11.3 Å². The van der Waals surface area contributed by atoms with Crippen molar-refractivity contribution < 1.29 is 5.11 Å². The molecule has 19 heavy (non-hydrogen) atoms. The van der Waals surface area contributed by atoms with Crippen LogP contribution in [0, 0.1) is 11.3 Å². The maximum atomic E-state index is 11.0. The average molecular weight is 265 g/mol. The lowest BCUT2D eigenvalue weighted by molar-refractivity contribution is -0.0976. The van der Waals surface area contributed by atoms with E-state index < -0.39 is 5.60 Å². The maximum absolute atomic E-state index is 11.0. The fraction of sp³-hybridized carbons (Fsp3) is 0.867. The minimum Gasteiger partial charge on any atom is -0.389 e. The first kappa shape index (κ1) is 14.5. The third-order valence-corrected chi connectivity index (χ3v) is 4.59. The van der Waals surface area contributed by atoms with E-state index in [0.717, 1.165) is 31.6 Å². The molecule has 1 heterocycles. The molecule has 1 N–H and O–H groups in total. The molecule has 108 valence electrons. The monoisotopic (exact) mass is 265 g/mol. The van der Waals surface area contributed by atoms with E-state index in [0.29, 0.717) is 12.3 Å². The normalized spacial score (nSPS) is 26.8. The molecule has 1 fully saturated rings. The zero-order valence-electron chi connectivity index (χ0n) is 12.7. The van der Waals surface area contributed by atoms with Crippen LogP contribution in [0.2, 0.25) is 0 Å². The molecular weight excluding hydrogens is 238 g/mol. The van der Waals surface area contributed by atoms with E-state index in [-0.39, 0.29) is 5.41 Å². The predicted molar refractivity (Wildman–Crippen MR) is 75.8 cm³/mol. The van der Waals surface area contributed by atoms with Crippen molar-refractivity contribution in [3.05, 3.63) is 12.2 Å². The van der Waals surface area contributed by atoms with Crippen LogP contribution >= 0.6 is 0 Å². The summed E-state index contributed by atoms with van der Waals surface area (Å²) in [5.74, 6) is 1.46. The van der Waals surface area contributed by atoms with Gasteiger partial charge in [-0.25, -0.2) is 9.67 Å². The Morgan fingerprint density at radius 3 is 2.63 bits per heavy atom. The second-order valence-electron chi connectivity index (χ2n) is 7.05. The van der Waals surface area contributed by atoms with Crippen LogP contribution in [-0.2, 0) is 13.0 Å². The highest BCUT2D eigenvalue weighted by Gasteiger charge is 2.45. The second-order valence-corrected chi connectivity index (χ2v) is 7.05. The third-order valence-electron chi connectivity index (χ3n) is 4.59. The molecule has 0 bridgehead atoms. The summed E-state index contributed by atoms with van der Waals surface area (Å²) in [5.41, 5.74) is -0.688. The van der Waals surface area contributed by atoms with Crippen LogP contribution in [0.4, 0.5) is 0 Å². The molecule has 1 unspecified atom stereocenters. The van der Waals surface area contributed by atoms with E-state index >= 15 is 0 Å². The second kappa shape index (κ2) is 5.23. The fourth-order valence-electron chi connectivity index (χ4n) is 3.07. The standard InChI is InChI=1S/C15H27N3O/c1-12(2)10-18-13(16-11-17-18)9-15(19)8-6-5-7-14(15,3)4/h11-12,19H,5-10H2,1-4H3. The molecule has 1 aliphatic carbocycles. The van der Waals surface area contributed by atoms with Crippen molar-refractivity contribution in [3.8, 4) is 0 Å². The Labute approximate surface area is 116 Å². The van der Waals surface area contributed by atoms with Crippen molar-refractivity contribution in [3.63, 3.8) is 0 Å². The Kier molecular flexibility index (Phi) is 4.00. The Morgan fingerprint density at radius 1 is 1.32 bits per heavy atom. The molecular formula is C15H27N3O. The average Bonchev–Trinajstić information content (AvgIpc) is 2.69. The van der Waals surface area contributed by atoms with Gasteiger partial charge in [-0.05, 0) is 24.2 Å². The molecule has 1 aromatic heterocycles. The van der Waals surface area contributed by atoms with E-state index in [9.17, 15) is 5.11 Å². The van der Waals surface area contributed by atoms with Gasteiger partial charge in [-0.3, -0.25) is 0 Å². The Morgan fingerprint density at radius 2 is 2.00 bits per heavy atom. The van der Waals surface area contributed by atoms with Crippen LogP contribution in [0.5, 0.6) is 0 Å². The van der Waals surface area contributed by atoms with Gasteiger partial charge >= 0.3 is 0 Å². The SMILES string of the molecule is CC(C)Cn1ncnc1CC1(O)CCCCC1(C)C. The molecule has 0 saturated heterocycles. The molecule has 0 aromatic carbocycles. The first-order valence-electron chi connectivity index (χ1n) is 7.43. The van der Waals surface area contributed by atoms with Gasteiger partial charge in [-0.15, -0.1) is 0 Å². The summed E-state index contributed by atoms with van der Waals surface area (Å²) in [6.45, 7) is 9.56. The lowest BCUT2D eigenvalue weighted by Gasteiger charge is -2.46. The van der Waals surface area contributed by atoms with Gasteiger partial charge < -0.3 is 5.11 Å². The molecule has 2 rings (SSSR count). The molecule has 0 amide bonds. The summed E-state index contributed by atoms with van der Waals surface area (Å²) in [4.78, 5) is 4.37. The molecule has 1 aromatic rings. The lowest BCUT2D eigenvalue weighted by Crippen LogP contribution is -2.49. The minimum absolute atomic E-state index is 0.0418. The molecule has 1 atom stereocenters. The minimum atomic E-state index is -0.646. The highest BCUT2D eigenvalue weighted by atomic mass is 16.3. The van der Waals surface area contributed by atoms with E-state index in [1.165, 1.54) is 6.42 Å². The Hall–Kier alpha value is -0.900.